The Bertz CT molecular complexity index is 383. The summed E-state index contributed by atoms with van der Waals surface area (Å²) in [5.74, 6) is -1.12. The summed E-state index contributed by atoms with van der Waals surface area (Å²) in [6.07, 6.45) is 3.07. The zero-order valence-corrected chi connectivity index (χ0v) is 10.9. The van der Waals surface area contributed by atoms with Crippen LogP contribution in [0.3, 0.4) is 0 Å². The fraction of sp³-hybridized carbons (Fsp3) is 0.846. The molecule has 2 saturated heterocycles. The van der Waals surface area contributed by atoms with Gasteiger partial charge in [0.1, 0.15) is 6.10 Å². The fourth-order valence-electron chi connectivity index (χ4n) is 2.98. The molecule has 0 spiro atoms. The average Bonchev–Trinajstić information content (AvgIpc) is 2.92. The zero-order chi connectivity index (χ0) is 13.4. The number of amides is 1. The smallest absolute Gasteiger partial charge is 0.332 e. The van der Waals surface area contributed by atoms with Gasteiger partial charge in [0, 0.05) is 25.2 Å². The molecule has 2 heterocycles. The number of nitrogens with one attached hydrogen (secondary N) is 1. The van der Waals surface area contributed by atoms with Crippen LogP contribution >= 0.6 is 0 Å². The maximum Gasteiger partial charge on any atom is 0.332 e. The highest BCUT2D eigenvalue weighted by Gasteiger charge is 2.38. The topological polar surface area (TPSA) is 78.9 Å². The summed E-state index contributed by atoms with van der Waals surface area (Å²) in [6.45, 7) is 1.98. The average molecular weight is 268 g/mol. The third-order valence-corrected chi connectivity index (χ3v) is 4.22. The second-order valence-electron chi connectivity index (χ2n) is 5.75. The molecule has 3 aliphatic rings. The molecule has 0 aromatic carbocycles. The number of nitrogens with zero attached hydrogens (tertiary/aromatic N) is 1. The van der Waals surface area contributed by atoms with Gasteiger partial charge in [0.15, 0.2) is 6.10 Å². The number of hydrogen-bond acceptors (Lipinski definition) is 4. The third-order valence-electron chi connectivity index (χ3n) is 4.22. The number of carbonyl (C=O) groups excluding carboxylic acids is 1. The molecule has 0 aromatic rings. The second kappa shape index (κ2) is 5.09. The van der Waals surface area contributed by atoms with Crippen LogP contribution in [0.5, 0.6) is 0 Å². The van der Waals surface area contributed by atoms with Crippen molar-refractivity contribution < 1.29 is 19.4 Å². The first kappa shape index (κ1) is 12.9. The number of hydrogen-bond donors (Lipinski definition) is 2. The van der Waals surface area contributed by atoms with Crippen molar-refractivity contribution in [3.05, 3.63) is 0 Å². The van der Waals surface area contributed by atoms with E-state index in [1.165, 1.54) is 12.8 Å². The number of rotatable bonds is 4. The molecule has 3 atom stereocenters. The minimum absolute atomic E-state index is 0.147. The lowest BCUT2D eigenvalue weighted by Gasteiger charge is -2.18. The van der Waals surface area contributed by atoms with Crippen molar-refractivity contribution in [3.63, 3.8) is 0 Å². The predicted octanol–water partition coefficient (Wildman–Crippen LogP) is -0.0285. The van der Waals surface area contributed by atoms with E-state index in [0.717, 1.165) is 25.6 Å². The Labute approximate surface area is 112 Å². The van der Waals surface area contributed by atoms with E-state index in [1.807, 2.05) is 0 Å². The number of ether oxygens (including phenoxy) is 1. The zero-order valence-electron chi connectivity index (χ0n) is 10.9. The first-order valence-electron chi connectivity index (χ1n) is 7.06. The number of aliphatic carboxylic acids is 1. The van der Waals surface area contributed by atoms with Crippen LogP contribution in [0, 0.1) is 0 Å². The minimum atomic E-state index is -0.976. The molecule has 19 heavy (non-hydrogen) atoms. The van der Waals surface area contributed by atoms with E-state index in [9.17, 15) is 9.59 Å². The third kappa shape index (κ3) is 2.90. The summed E-state index contributed by atoms with van der Waals surface area (Å²) in [4.78, 5) is 25.2. The quantitative estimate of drug-likeness (QED) is 0.748. The first-order chi connectivity index (χ1) is 9.13. The van der Waals surface area contributed by atoms with E-state index in [0.29, 0.717) is 12.8 Å². The summed E-state index contributed by atoms with van der Waals surface area (Å²) in [5, 5.41) is 11.8. The highest BCUT2D eigenvalue weighted by atomic mass is 16.5. The molecule has 1 unspecified atom stereocenters. The molecule has 1 aliphatic carbocycles. The largest absolute Gasteiger partial charge is 0.479 e. The molecule has 2 N–H and O–H groups in total. The molecule has 106 valence electrons. The Morgan fingerprint density at radius 1 is 1.11 bits per heavy atom. The SMILES string of the molecule is O=C(NC1CCN(C2CC2)C1)[C@@H]1CC[C@H](C(=O)O)O1. The van der Waals surface area contributed by atoms with Crippen LogP contribution < -0.4 is 5.32 Å². The van der Waals surface area contributed by atoms with Gasteiger partial charge in [0.25, 0.3) is 0 Å². The minimum Gasteiger partial charge on any atom is -0.479 e. The van der Waals surface area contributed by atoms with Gasteiger partial charge >= 0.3 is 5.97 Å². The Balaban J connectivity index is 1.45. The summed E-state index contributed by atoms with van der Waals surface area (Å²) >= 11 is 0. The number of carbonyl (C=O) groups is 2. The van der Waals surface area contributed by atoms with E-state index in [2.05, 4.69) is 10.2 Å². The van der Waals surface area contributed by atoms with Gasteiger partial charge in [-0.05, 0) is 32.1 Å². The molecule has 1 amide bonds. The van der Waals surface area contributed by atoms with Gasteiger partial charge in [-0.25, -0.2) is 4.79 Å². The van der Waals surface area contributed by atoms with Gasteiger partial charge in [-0.1, -0.05) is 0 Å². The highest BCUT2D eigenvalue weighted by Crippen LogP contribution is 2.30. The second-order valence-corrected chi connectivity index (χ2v) is 5.75. The Morgan fingerprint density at radius 2 is 1.84 bits per heavy atom. The van der Waals surface area contributed by atoms with E-state index < -0.39 is 18.2 Å². The molecule has 6 heteroatoms. The van der Waals surface area contributed by atoms with E-state index in [-0.39, 0.29) is 11.9 Å². The summed E-state index contributed by atoms with van der Waals surface area (Å²) in [5.41, 5.74) is 0. The van der Waals surface area contributed by atoms with E-state index >= 15 is 0 Å². The molecule has 0 bridgehead atoms. The van der Waals surface area contributed by atoms with Gasteiger partial charge in [0.2, 0.25) is 5.91 Å². The van der Waals surface area contributed by atoms with Crippen LogP contribution in [0.25, 0.3) is 0 Å². The van der Waals surface area contributed by atoms with Crippen molar-refractivity contribution in [1.82, 2.24) is 10.2 Å². The van der Waals surface area contributed by atoms with Crippen molar-refractivity contribution in [1.29, 1.82) is 0 Å². The van der Waals surface area contributed by atoms with Crippen molar-refractivity contribution >= 4 is 11.9 Å². The van der Waals surface area contributed by atoms with Gasteiger partial charge in [-0.3, -0.25) is 9.69 Å². The first-order valence-corrected chi connectivity index (χ1v) is 7.06. The monoisotopic (exact) mass is 268 g/mol. The molecule has 2 aliphatic heterocycles. The fourth-order valence-corrected chi connectivity index (χ4v) is 2.98. The number of likely N-dealkylation sites (tertiary alicyclic amines) is 1. The van der Waals surface area contributed by atoms with E-state index in [1.54, 1.807) is 0 Å². The predicted molar refractivity (Wildman–Crippen MR) is 66.7 cm³/mol. The molecular weight excluding hydrogens is 248 g/mol. The van der Waals surface area contributed by atoms with Gasteiger partial charge in [0.05, 0.1) is 0 Å². The standard InChI is InChI=1S/C13H20N2O4/c16-12(10-3-4-11(19-10)13(17)18)14-8-5-6-15(7-8)9-1-2-9/h8-11H,1-7H2,(H,14,16)(H,17,18)/t8?,10-,11+/m0/s1. The van der Waals surface area contributed by atoms with Gasteiger partial charge in [-0.2, -0.15) is 0 Å². The highest BCUT2D eigenvalue weighted by molar-refractivity contribution is 5.82. The van der Waals surface area contributed by atoms with Crippen molar-refractivity contribution in [2.75, 3.05) is 13.1 Å². The molecule has 0 radical (unpaired) electrons. The van der Waals surface area contributed by atoms with Crippen molar-refractivity contribution in [3.8, 4) is 0 Å². The molecule has 3 rings (SSSR count). The summed E-state index contributed by atoms with van der Waals surface area (Å²) < 4.78 is 5.26. The van der Waals surface area contributed by atoms with Crippen LogP contribution in [0.15, 0.2) is 0 Å². The number of carboxylic acids is 1. The Kier molecular flexibility index (Phi) is 3.45. The lowest BCUT2D eigenvalue weighted by molar-refractivity contribution is -0.151. The molecule has 1 saturated carbocycles. The van der Waals surface area contributed by atoms with Crippen LogP contribution in [-0.4, -0.2) is 59.3 Å². The lowest BCUT2D eigenvalue weighted by Crippen LogP contribution is -2.43. The normalized spacial score (nSPS) is 35.5. The molecule has 6 nitrogen and oxygen atoms in total. The summed E-state index contributed by atoms with van der Waals surface area (Å²) in [7, 11) is 0. The Hall–Kier alpha value is -1.14. The van der Waals surface area contributed by atoms with Crippen molar-refractivity contribution in [2.45, 2.75) is 56.4 Å². The maximum atomic E-state index is 12.0. The lowest BCUT2D eigenvalue weighted by atomic mass is 10.1. The van der Waals surface area contributed by atoms with Crippen LogP contribution in [0.1, 0.15) is 32.1 Å². The van der Waals surface area contributed by atoms with Gasteiger partial charge < -0.3 is 15.2 Å². The Morgan fingerprint density at radius 3 is 2.47 bits per heavy atom. The molecule has 0 aromatic heterocycles. The van der Waals surface area contributed by atoms with Crippen LogP contribution in [0.2, 0.25) is 0 Å². The molecular formula is C13H20N2O4. The molecule has 3 fully saturated rings. The number of carboxylic acid groups (broad SMARTS) is 1. The van der Waals surface area contributed by atoms with Gasteiger partial charge in [-0.15, -0.1) is 0 Å². The van der Waals surface area contributed by atoms with Crippen molar-refractivity contribution in [2.24, 2.45) is 0 Å². The van der Waals surface area contributed by atoms with E-state index in [4.69, 9.17) is 9.84 Å². The summed E-state index contributed by atoms with van der Waals surface area (Å²) in [6, 6.07) is 0.932. The van der Waals surface area contributed by atoms with Crippen LogP contribution in [-0.2, 0) is 14.3 Å². The van der Waals surface area contributed by atoms with Crippen LogP contribution in [0.4, 0.5) is 0 Å². The maximum absolute atomic E-state index is 12.0.